The van der Waals surface area contributed by atoms with Crippen molar-refractivity contribution in [2.75, 3.05) is 23.3 Å². The van der Waals surface area contributed by atoms with Crippen LogP contribution in [0.1, 0.15) is 24.5 Å². The molecule has 4 rings (SSSR count). The van der Waals surface area contributed by atoms with E-state index in [0.29, 0.717) is 17.6 Å². The summed E-state index contributed by atoms with van der Waals surface area (Å²) in [5.41, 5.74) is 0.967. The number of nitrogens with zero attached hydrogens (tertiary/aromatic N) is 7. The van der Waals surface area contributed by atoms with Crippen LogP contribution in [0.5, 0.6) is 0 Å². The summed E-state index contributed by atoms with van der Waals surface area (Å²) in [7, 11) is 0. The second kappa shape index (κ2) is 7.16. The highest BCUT2D eigenvalue weighted by Gasteiger charge is 2.24. The third-order valence-electron chi connectivity index (χ3n) is 4.15. The predicted octanol–water partition coefficient (Wildman–Crippen LogP) is 2.18. The van der Waals surface area contributed by atoms with Crippen LogP contribution in [-0.2, 0) is 0 Å². The van der Waals surface area contributed by atoms with Crippen LogP contribution in [0.25, 0.3) is 0 Å². The lowest BCUT2D eigenvalue weighted by Gasteiger charge is -2.32. The topological polar surface area (TPSA) is 92.6 Å². The molecule has 1 fully saturated rings. The number of aromatic nitrogens is 6. The van der Waals surface area contributed by atoms with Gasteiger partial charge in [-0.2, -0.15) is 0 Å². The molecule has 4 heterocycles. The van der Waals surface area contributed by atoms with Gasteiger partial charge in [0.15, 0.2) is 0 Å². The third kappa shape index (κ3) is 3.68. The molecule has 1 atom stereocenters. The highest BCUT2D eigenvalue weighted by molar-refractivity contribution is 5.49. The summed E-state index contributed by atoms with van der Waals surface area (Å²) < 4.78 is 0. The molecule has 1 aliphatic rings. The first-order chi connectivity index (χ1) is 12.4. The van der Waals surface area contributed by atoms with E-state index in [1.807, 2.05) is 12.3 Å². The maximum atomic E-state index is 4.71. The lowest BCUT2D eigenvalue weighted by molar-refractivity contribution is 0.494. The van der Waals surface area contributed by atoms with Gasteiger partial charge in [-0.25, -0.2) is 19.9 Å². The van der Waals surface area contributed by atoms with Crippen LogP contribution < -0.4 is 10.2 Å². The first-order valence-electron chi connectivity index (χ1n) is 8.25. The Balaban J connectivity index is 1.50. The van der Waals surface area contributed by atoms with Crippen molar-refractivity contribution in [3.05, 3.63) is 55.1 Å². The fraction of sp³-hybridized carbons (Fsp3) is 0.294. The van der Waals surface area contributed by atoms with Gasteiger partial charge < -0.3 is 10.2 Å². The minimum absolute atomic E-state index is 0.300. The number of nitrogens with one attached hydrogen (secondary N) is 1. The average Bonchev–Trinajstić information content (AvgIpc) is 2.70. The smallest absolute Gasteiger partial charge is 0.225 e. The Bertz CT molecular complexity index is 811. The molecular weight excluding hydrogens is 316 g/mol. The lowest BCUT2D eigenvalue weighted by Crippen LogP contribution is -2.35. The number of rotatable bonds is 4. The minimum Gasteiger partial charge on any atom is -0.340 e. The highest BCUT2D eigenvalue weighted by atomic mass is 15.3. The summed E-state index contributed by atoms with van der Waals surface area (Å²) in [5.74, 6) is 2.39. The molecular formula is C17H18N8. The zero-order valence-corrected chi connectivity index (χ0v) is 13.7. The maximum absolute atomic E-state index is 4.71. The van der Waals surface area contributed by atoms with Crippen LogP contribution in [0.3, 0.4) is 0 Å². The van der Waals surface area contributed by atoms with Crippen molar-refractivity contribution >= 4 is 17.6 Å². The molecule has 3 aromatic rings. The first kappa shape index (κ1) is 15.4. The van der Waals surface area contributed by atoms with E-state index in [1.54, 1.807) is 37.2 Å². The Kier molecular flexibility index (Phi) is 4.40. The van der Waals surface area contributed by atoms with E-state index in [4.69, 9.17) is 4.98 Å². The molecule has 25 heavy (non-hydrogen) atoms. The molecule has 0 radical (unpaired) electrons. The molecule has 8 nitrogen and oxygen atoms in total. The van der Waals surface area contributed by atoms with Gasteiger partial charge in [-0.3, -0.25) is 9.97 Å². The zero-order valence-electron chi connectivity index (χ0n) is 13.7. The number of piperidine rings is 1. The van der Waals surface area contributed by atoms with E-state index in [2.05, 4.69) is 35.1 Å². The van der Waals surface area contributed by atoms with Crippen LogP contribution in [-0.4, -0.2) is 43.0 Å². The van der Waals surface area contributed by atoms with E-state index in [1.165, 1.54) is 0 Å². The number of hydrogen-bond donors (Lipinski definition) is 1. The maximum Gasteiger partial charge on any atom is 0.225 e. The average molecular weight is 334 g/mol. The second-order valence-electron chi connectivity index (χ2n) is 5.88. The molecule has 1 saturated heterocycles. The molecule has 0 amide bonds. The Morgan fingerprint density at radius 2 is 1.80 bits per heavy atom. The van der Waals surface area contributed by atoms with Gasteiger partial charge in [-0.1, -0.05) is 0 Å². The quantitative estimate of drug-likeness (QED) is 0.776. The second-order valence-corrected chi connectivity index (χ2v) is 5.88. The van der Waals surface area contributed by atoms with Crippen LogP contribution in [0.15, 0.2) is 49.4 Å². The van der Waals surface area contributed by atoms with Gasteiger partial charge in [0.25, 0.3) is 0 Å². The monoisotopic (exact) mass is 334 g/mol. The molecule has 1 N–H and O–H groups in total. The molecule has 3 aromatic heterocycles. The SMILES string of the molecule is c1cnc(N2CCC[C@@H](c3cncc(Nc4cnccn4)n3)C2)nc1. The Morgan fingerprint density at radius 3 is 2.64 bits per heavy atom. The van der Waals surface area contributed by atoms with Gasteiger partial charge in [0.2, 0.25) is 5.95 Å². The Hall–Kier alpha value is -3.16. The Labute approximate surface area is 145 Å². The van der Waals surface area contributed by atoms with E-state index in [0.717, 1.165) is 37.6 Å². The molecule has 0 spiro atoms. The standard InChI is InChI=1S/C17H18N8/c1-3-13(12-25(8-1)17-21-4-2-5-22-17)14-9-19-11-16(23-14)24-15-10-18-6-7-20-15/h2,4-7,9-11,13H,1,3,8,12H2,(H,20,23,24)/t13-/m1/s1. The van der Waals surface area contributed by atoms with E-state index in [9.17, 15) is 0 Å². The van der Waals surface area contributed by atoms with E-state index >= 15 is 0 Å². The third-order valence-corrected chi connectivity index (χ3v) is 4.15. The largest absolute Gasteiger partial charge is 0.340 e. The molecule has 8 heteroatoms. The van der Waals surface area contributed by atoms with Crippen molar-refractivity contribution in [1.29, 1.82) is 0 Å². The predicted molar refractivity (Wildman–Crippen MR) is 93.6 cm³/mol. The van der Waals surface area contributed by atoms with Crippen LogP contribution in [0, 0.1) is 0 Å². The fourth-order valence-electron chi connectivity index (χ4n) is 2.99. The van der Waals surface area contributed by atoms with Gasteiger partial charge in [0.1, 0.15) is 11.6 Å². The number of hydrogen-bond acceptors (Lipinski definition) is 8. The molecule has 0 aliphatic carbocycles. The van der Waals surface area contributed by atoms with E-state index < -0.39 is 0 Å². The molecule has 0 bridgehead atoms. The molecule has 0 aromatic carbocycles. The van der Waals surface area contributed by atoms with Gasteiger partial charge in [0.05, 0.1) is 18.1 Å². The molecule has 0 saturated carbocycles. The fourth-order valence-corrected chi connectivity index (χ4v) is 2.99. The van der Waals surface area contributed by atoms with Crippen molar-refractivity contribution < 1.29 is 0 Å². The number of anilines is 3. The van der Waals surface area contributed by atoms with Crippen LogP contribution >= 0.6 is 0 Å². The summed E-state index contributed by atoms with van der Waals surface area (Å²) in [5, 5.41) is 3.14. The summed E-state index contributed by atoms with van der Waals surface area (Å²) in [6, 6.07) is 1.83. The van der Waals surface area contributed by atoms with Crippen molar-refractivity contribution in [2.45, 2.75) is 18.8 Å². The lowest BCUT2D eigenvalue weighted by atomic mass is 9.95. The molecule has 126 valence electrons. The van der Waals surface area contributed by atoms with Gasteiger partial charge in [0, 0.05) is 50.0 Å². The van der Waals surface area contributed by atoms with Crippen LogP contribution in [0.2, 0.25) is 0 Å². The van der Waals surface area contributed by atoms with Crippen molar-refractivity contribution in [2.24, 2.45) is 0 Å². The minimum atomic E-state index is 0.300. The summed E-state index contributed by atoms with van der Waals surface area (Å²) >= 11 is 0. The van der Waals surface area contributed by atoms with Gasteiger partial charge in [-0.05, 0) is 18.9 Å². The normalized spacial score (nSPS) is 17.3. The van der Waals surface area contributed by atoms with Gasteiger partial charge in [-0.15, -0.1) is 0 Å². The van der Waals surface area contributed by atoms with Crippen molar-refractivity contribution in [1.82, 2.24) is 29.9 Å². The summed E-state index contributed by atoms with van der Waals surface area (Å²) in [6.07, 6.45) is 14.2. The zero-order chi connectivity index (χ0) is 16.9. The van der Waals surface area contributed by atoms with E-state index in [-0.39, 0.29) is 0 Å². The molecule has 0 unspecified atom stereocenters. The van der Waals surface area contributed by atoms with Gasteiger partial charge >= 0.3 is 0 Å². The molecule has 1 aliphatic heterocycles. The first-order valence-corrected chi connectivity index (χ1v) is 8.25. The highest BCUT2D eigenvalue weighted by Crippen LogP contribution is 2.27. The van der Waals surface area contributed by atoms with Crippen LogP contribution in [0.4, 0.5) is 17.6 Å². The van der Waals surface area contributed by atoms with Crippen molar-refractivity contribution in [3.8, 4) is 0 Å². The Morgan fingerprint density at radius 1 is 0.920 bits per heavy atom. The summed E-state index contributed by atoms with van der Waals surface area (Å²) in [4.78, 5) is 28.2. The van der Waals surface area contributed by atoms with Crippen molar-refractivity contribution in [3.63, 3.8) is 0 Å². The summed E-state index contributed by atoms with van der Waals surface area (Å²) in [6.45, 7) is 1.80.